The van der Waals surface area contributed by atoms with Crippen LogP contribution in [-0.2, 0) is 4.79 Å². The molecule has 0 aromatic carbocycles. The number of urea groups is 1. The second-order valence-electron chi connectivity index (χ2n) is 6.23. The summed E-state index contributed by atoms with van der Waals surface area (Å²) in [5, 5.41) is 15.1. The summed E-state index contributed by atoms with van der Waals surface area (Å²) in [6.07, 6.45) is 10.9. The quantitative estimate of drug-likeness (QED) is 0.744. The normalized spacial score (nSPS) is 23.6. The molecule has 2 saturated carbocycles. The number of hydrogen-bond acceptors (Lipinski definition) is 2. The molecule has 0 atom stereocenters. The van der Waals surface area contributed by atoms with Crippen molar-refractivity contribution in [1.82, 2.24) is 10.6 Å². The maximum Gasteiger partial charge on any atom is 0.329 e. The third-order valence-corrected chi connectivity index (χ3v) is 4.66. The molecule has 2 rings (SSSR count). The number of carboxylic acids is 1. The summed E-state index contributed by atoms with van der Waals surface area (Å²) in [6.45, 7) is 0. The van der Waals surface area contributed by atoms with Crippen molar-refractivity contribution in [2.24, 2.45) is 0 Å². The summed E-state index contributed by atoms with van der Waals surface area (Å²) < 4.78 is 0. The highest BCUT2D eigenvalue weighted by Crippen LogP contribution is 2.29. The molecule has 0 spiro atoms. The first-order valence-electron chi connectivity index (χ1n) is 7.94. The second kappa shape index (κ2) is 6.95. The maximum atomic E-state index is 12.1. The van der Waals surface area contributed by atoms with Gasteiger partial charge in [-0.3, -0.25) is 0 Å². The number of aliphatic carboxylic acids is 1. The Kier molecular flexibility index (Phi) is 5.26. The largest absolute Gasteiger partial charge is 0.480 e. The molecule has 3 N–H and O–H groups in total. The Morgan fingerprint density at radius 3 is 2.00 bits per heavy atom. The Bertz CT molecular complexity index is 343. The summed E-state index contributed by atoms with van der Waals surface area (Å²) >= 11 is 0. The first kappa shape index (κ1) is 15.1. The molecule has 0 bridgehead atoms. The highest BCUT2D eigenvalue weighted by Gasteiger charge is 2.42. The Balaban J connectivity index is 1.85. The molecule has 0 radical (unpaired) electrons. The summed E-state index contributed by atoms with van der Waals surface area (Å²) in [7, 11) is 0. The number of rotatable bonds is 3. The van der Waals surface area contributed by atoms with Gasteiger partial charge >= 0.3 is 12.0 Å². The Hall–Kier alpha value is -1.26. The van der Waals surface area contributed by atoms with Gasteiger partial charge in [-0.25, -0.2) is 9.59 Å². The van der Waals surface area contributed by atoms with E-state index in [2.05, 4.69) is 10.6 Å². The van der Waals surface area contributed by atoms with Crippen molar-refractivity contribution < 1.29 is 14.7 Å². The first-order chi connectivity index (χ1) is 9.62. The van der Waals surface area contributed by atoms with Crippen LogP contribution in [0.1, 0.15) is 70.6 Å². The lowest BCUT2D eigenvalue weighted by Gasteiger charge is -2.28. The van der Waals surface area contributed by atoms with Crippen molar-refractivity contribution in [1.29, 1.82) is 0 Å². The van der Waals surface area contributed by atoms with E-state index in [1.807, 2.05) is 0 Å². The average molecular weight is 282 g/mol. The predicted octanol–water partition coefficient (Wildman–Crippen LogP) is 2.80. The molecule has 114 valence electrons. The molecule has 0 unspecified atom stereocenters. The molecule has 5 heteroatoms. The zero-order valence-electron chi connectivity index (χ0n) is 12.1. The van der Waals surface area contributed by atoms with Crippen LogP contribution in [-0.4, -0.2) is 28.7 Å². The standard InChI is InChI=1S/C15H26N2O3/c18-13(19)15(10-6-7-11-15)17-14(20)16-12-8-4-2-1-3-5-9-12/h12H,1-11H2,(H,18,19)(H2,16,17,20). The molecule has 0 aromatic rings. The van der Waals surface area contributed by atoms with Crippen molar-refractivity contribution in [2.45, 2.75) is 82.2 Å². The van der Waals surface area contributed by atoms with Crippen LogP contribution in [0.25, 0.3) is 0 Å². The van der Waals surface area contributed by atoms with Crippen molar-refractivity contribution in [3.63, 3.8) is 0 Å². The fourth-order valence-electron chi connectivity index (χ4n) is 3.41. The van der Waals surface area contributed by atoms with Crippen molar-refractivity contribution in [2.75, 3.05) is 0 Å². The van der Waals surface area contributed by atoms with Gasteiger partial charge in [0.25, 0.3) is 0 Å². The third kappa shape index (κ3) is 3.87. The van der Waals surface area contributed by atoms with E-state index < -0.39 is 11.5 Å². The fraction of sp³-hybridized carbons (Fsp3) is 0.867. The molecule has 0 aromatic heterocycles. The summed E-state index contributed by atoms with van der Waals surface area (Å²) in [6, 6.07) is -0.109. The van der Waals surface area contributed by atoms with Crippen LogP contribution in [0, 0.1) is 0 Å². The van der Waals surface area contributed by atoms with Crippen molar-refractivity contribution in [3.05, 3.63) is 0 Å². The average Bonchev–Trinajstić information content (AvgIpc) is 2.82. The van der Waals surface area contributed by atoms with Gasteiger partial charge in [0.1, 0.15) is 5.54 Å². The molecular formula is C15H26N2O3. The van der Waals surface area contributed by atoms with Gasteiger partial charge in [0.05, 0.1) is 0 Å². The van der Waals surface area contributed by atoms with Crippen LogP contribution < -0.4 is 10.6 Å². The van der Waals surface area contributed by atoms with Crippen LogP contribution in [0.4, 0.5) is 4.79 Å². The second-order valence-corrected chi connectivity index (χ2v) is 6.23. The molecule has 2 aliphatic rings. The number of carboxylic acid groups (broad SMARTS) is 1. The van der Waals surface area contributed by atoms with Crippen LogP contribution in [0.5, 0.6) is 0 Å². The minimum Gasteiger partial charge on any atom is -0.480 e. The lowest BCUT2D eigenvalue weighted by molar-refractivity contribution is -0.144. The molecule has 2 amide bonds. The number of amides is 2. The Labute approximate surface area is 120 Å². The molecular weight excluding hydrogens is 256 g/mol. The van der Waals surface area contributed by atoms with Gasteiger partial charge in [-0.2, -0.15) is 0 Å². The van der Waals surface area contributed by atoms with Crippen LogP contribution in [0.2, 0.25) is 0 Å². The SMILES string of the molecule is O=C(NC1CCCCCCC1)NC1(C(=O)O)CCCC1. The van der Waals surface area contributed by atoms with E-state index in [0.29, 0.717) is 12.8 Å². The van der Waals surface area contributed by atoms with Crippen LogP contribution >= 0.6 is 0 Å². The topological polar surface area (TPSA) is 78.4 Å². The number of hydrogen-bond donors (Lipinski definition) is 3. The highest BCUT2D eigenvalue weighted by molar-refractivity contribution is 5.86. The van der Waals surface area contributed by atoms with Crippen LogP contribution in [0.15, 0.2) is 0 Å². The van der Waals surface area contributed by atoms with Gasteiger partial charge in [-0.15, -0.1) is 0 Å². The molecule has 0 aliphatic heterocycles. The first-order valence-corrected chi connectivity index (χ1v) is 7.94. The van der Waals surface area contributed by atoms with E-state index in [0.717, 1.165) is 38.5 Å². The third-order valence-electron chi connectivity index (χ3n) is 4.66. The van der Waals surface area contributed by atoms with Gasteiger partial charge in [-0.05, 0) is 25.7 Å². The number of carbonyl (C=O) groups excluding carboxylic acids is 1. The van der Waals surface area contributed by atoms with Gasteiger partial charge in [-0.1, -0.05) is 44.9 Å². The maximum absolute atomic E-state index is 12.1. The van der Waals surface area contributed by atoms with Gasteiger partial charge < -0.3 is 15.7 Å². The van der Waals surface area contributed by atoms with Gasteiger partial charge in [0.15, 0.2) is 0 Å². The monoisotopic (exact) mass is 282 g/mol. The zero-order chi connectivity index (χ0) is 14.4. The minimum absolute atomic E-state index is 0.197. The molecule has 0 heterocycles. The lowest BCUT2D eigenvalue weighted by Crippen LogP contribution is -2.56. The molecule has 0 saturated heterocycles. The zero-order valence-corrected chi connectivity index (χ0v) is 12.1. The highest BCUT2D eigenvalue weighted by atomic mass is 16.4. The van der Waals surface area contributed by atoms with Gasteiger partial charge in [0, 0.05) is 6.04 Å². The van der Waals surface area contributed by atoms with E-state index in [1.165, 1.54) is 19.3 Å². The van der Waals surface area contributed by atoms with Gasteiger partial charge in [0.2, 0.25) is 0 Å². The molecule has 2 aliphatic carbocycles. The molecule has 5 nitrogen and oxygen atoms in total. The Morgan fingerprint density at radius 2 is 1.45 bits per heavy atom. The minimum atomic E-state index is -1.04. The Morgan fingerprint density at radius 1 is 0.900 bits per heavy atom. The predicted molar refractivity (Wildman–Crippen MR) is 76.6 cm³/mol. The van der Waals surface area contributed by atoms with E-state index in [9.17, 15) is 14.7 Å². The number of carbonyl (C=O) groups is 2. The van der Waals surface area contributed by atoms with E-state index in [4.69, 9.17) is 0 Å². The van der Waals surface area contributed by atoms with E-state index in [-0.39, 0.29) is 12.1 Å². The van der Waals surface area contributed by atoms with Crippen LogP contribution in [0.3, 0.4) is 0 Å². The lowest BCUT2D eigenvalue weighted by atomic mass is 9.96. The smallest absolute Gasteiger partial charge is 0.329 e. The summed E-state index contributed by atoms with van der Waals surface area (Å²) in [5.41, 5.74) is -1.04. The van der Waals surface area contributed by atoms with E-state index >= 15 is 0 Å². The molecule has 20 heavy (non-hydrogen) atoms. The summed E-state index contributed by atoms with van der Waals surface area (Å²) in [4.78, 5) is 23.5. The molecule has 2 fully saturated rings. The van der Waals surface area contributed by atoms with Crippen molar-refractivity contribution >= 4 is 12.0 Å². The fourth-order valence-corrected chi connectivity index (χ4v) is 3.41. The number of nitrogens with one attached hydrogen (secondary N) is 2. The van der Waals surface area contributed by atoms with Crippen molar-refractivity contribution in [3.8, 4) is 0 Å². The van der Waals surface area contributed by atoms with E-state index in [1.54, 1.807) is 0 Å². The summed E-state index contributed by atoms with van der Waals surface area (Å²) in [5.74, 6) is -0.900.